The Balaban J connectivity index is 3.60. The lowest BCUT2D eigenvalue weighted by Crippen LogP contribution is -1.91. The van der Waals surface area contributed by atoms with Crippen LogP contribution in [0.3, 0.4) is 0 Å². The second kappa shape index (κ2) is 5.42. The van der Waals surface area contributed by atoms with E-state index < -0.39 is 0 Å². The average Bonchev–Trinajstić information content (AvgIpc) is 1.85. The van der Waals surface area contributed by atoms with E-state index in [9.17, 15) is 0 Å². The van der Waals surface area contributed by atoms with E-state index in [-0.39, 0.29) is 0 Å². The Hall–Kier alpha value is -0.720. The van der Waals surface area contributed by atoms with Crippen molar-refractivity contribution in [3.05, 3.63) is 23.9 Å². The van der Waals surface area contributed by atoms with Crippen LogP contribution < -0.4 is 5.73 Å². The molecule has 1 nitrogen and oxygen atoms in total. The maximum absolute atomic E-state index is 5.54. The highest BCUT2D eigenvalue weighted by Gasteiger charge is 1.76. The highest BCUT2D eigenvalue weighted by Crippen LogP contribution is 1.90. The van der Waals surface area contributed by atoms with Crippen molar-refractivity contribution >= 4 is 0 Å². The summed E-state index contributed by atoms with van der Waals surface area (Å²) in [5, 5.41) is 0. The molecule has 0 amide bonds. The van der Waals surface area contributed by atoms with Crippen molar-refractivity contribution in [2.24, 2.45) is 5.73 Å². The van der Waals surface area contributed by atoms with E-state index in [1.807, 2.05) is 12.2 Å². The molecule has 0 rings (SSSR count). The molecule has 52 valence electrons. The van der Waals surface area contributed by atoms with Gasteiger partial charge in [-0.05, 0) is 18.9 Å². The third-order valence-corrected chi connectivity index (χ3v) is 0.986. The Labute approximate surface area is 57.3 Å². The molecule has 0 aromatic rings. The van der Waals surface area contributed by atoms with Crippen molar-refractivity contribution in [3.63, 3.8) is 0 Å². The molecule has 0 heterocycles. The maximum atomic E-state index is 5.54. The Bertz CT molecular complexity index is 112. The normalized spacial score (nSPS) is 12.9. The summed E-state index contributed by atoms with van der Waals surface area (Å²) in [6, 6.07) is 0. The van der Waals surface area contributed by atoms with Crippen LogP contribution in [0.15, 0.2) is 23.9 Å². The fourth-order valence-electron chi connectivity index (χ4n) is 0.558. The van der Waals surface area contributed by atoms with Gasteiger partial charge < -0.3 is 5.73 Å². The van der Waals surface area contributed by atoms with Crippen molar-refractivity contribution in [2.75, 3.05) is 0 Å². The molecule has 0 saturated carbocycles. The van der Waals surface area contributed by atoms with Crippen molar-refractivity contribution in [1.82, 2.24) is 0 Å². The van der Waals surface area contributed by atoms with Crippen molar-refractivity contribution in [2.45, 2.75) is 26.7 Å². The summed E-state index contributed by atoms with van der Waals surface area (Å²) >= 11 is 0. The minimum atomic E-state index is 0.874. The molecule has 2 N–H and O–H groups in total. The van der Waals surface area contributed by atoms with Gasteiger partial charge in [0.2, 0.25) is 0 Å². The number of hydrogen-bond donors (Lipinski definition) is 1. The average molecular weight is 125 g/mol. The zero-order chi connectivity index (χ0) is 7.11. The Morgan fingerprint density at radius 3 is 2.44 bits per heavy atom. The monoisotopic (exact) mass is 125 g/mol. The molecule has 0 fully saturated rings. The Kier molecular flexibility index (Phi) is 4.98. The molecule has 0 atom stereocenters. The standard InChI is InChI=1S/C8H15N/c1-3-5-7-8(9)6-4-2/h5-7H,3-4,9H2,1-2H3. The fourth-order valence-corrected chi connectivity index (χ4v) is 0.558. The topological polar surface area (TPSA) is 26.0 Å². The van der Waals surface area contributed by atoms with Crippen LogP contribution in [-0.2, 0) is 0 Å². The van der Waals surface area contributed by atoms with E-state index in [4.69, 9.17) is 5.73 Å². The number of allylic oxidation sites excluding steroid dienone is 3. The van der Waals surface area contributed by atoms with Crippen LogP contribution in [0, 0.1) is 0 Å². The lowest BCUT2D eigenvalue weighted by molar-refractivity contribution is 1.17. The SMILES string of the molecule is CCC=CC(N)=CCC. The van der Waals surface area contributed by atoms with Gasteiger partial charge in [-0.1, -0.05) is 26.0 Å². The van der Waals surface area contributed by atoms with Gasteiger partial charge in [0.15, 0.2) is 0 Å². The molecule has 0 spiro atoms. The zero-order valence-corrected chi connectivity index (χ0v) is 6.22. The molecular weight excluding hydrogens is 110 g/mol. The minimum Gasteiger partial charge on any atom is -0.399 e. The van der Waals surface area contributed by atoms with Gasteiger partial charge in [0.25, 0.3) is 0 Å². The first-order valence-corrected chi connectivity index (χ1v) is 3.43. The van der Waals surface area contributed by atoms with Gasteiger partial charge in [-0.3, -0.25) is 0 Å². The Morgan fingerprint density at radius 2 is 2.00 bits per heavy atom. The predicted octanol–water partition coefficient (Wildman–Crippen LogP) is 2.21. The summed E-state index contributed by atoms with van der Waals surface area (Å²) in [6.45, 7) is 4.17. The minimum absolute atomic E-state index is 0.874. The molecule has 0 saturated heterocycles. The lowest BCUT2D eigenvalue weighted by atomic mass is 10.3. The maximum Gasteiger partial charge on any atom is 0.0270 e. The summed E-state index contributed by atoms with van der Waals surface area (Å²) in [6.07, 6.45) is 8.08. The molecule has 0 radical (unpaired) electrons. The third kappa shape index (κ3) is 5.15. The molecular formula is C8H15N. The van der Waals surface area contributed by atoms with Crippen LogP contribution in [0.1, 0.15) is 26.7 Å². The first-order valence-electron chi connectivity index (χ1n) is 3.43. The molecule has 1 heteroatoms. The van der Waals surface area contributed by atoms with Crippen LogP contribution in [0.5, 0.6) is 0 Å². The van der Waals surface area contributed by atoms with Crippen molar-refractivity contribution in [3.8, 4) is 0 Å². The smallest absolute Gasteiger partial charge is 0.0270 e. The van der Waals surface area contributed by atoms with Crippen LogP contribution in [0.2, 0.25) is 0 Å². The molecule has 0 aliphatic carbocycles. The van der Waals surface area contributed by atoms with Gasteiger partial charge >= 0.3 is 0 Å². The number of nitrogens with two attached hydrogens (primary N) is 1. The largest absolute Gasteiger partial charge is 0.399 e. The summed E-state index contributed by atoms with van der Waals surface area (Å²) < 4.78 is 0. The highest BCUT2D eigenvalue weighted by molar-refractivity contribution is 5.13. The second-order valence-corrected chi connectivity index (χ2v) is 1.92. The summed E-state index contributed by atoms with van der Waals surface area (Å²) in [4.78, 5) is 0. The van der Waals surface area contributed by atoms with Gasteiger partial charge in [-0.25, -0.2) is 0 Å². The highest BCUT2D eigenvalue weighted by atomic mass is 14.5. The zero-order valence-electron chi connectivity index (χ0n) is 6.22. The molecule has 0 aliphatic heterocycles. The van der Waals surface area contributed by atoms with E-state index in [1.54, 1.807) is 0 Å². The second-order valence-electron chi connectivity index (χ2n) is 1.92. The number of rotatable bonds is 3. The quantitative estimate of drug-likeness (QED) is 0.575. The van der Waals surface area contributed by atoms with Crippen LogP contribution in [0.4, 0.5) is 0 Å². The molecule has 0 aromatic heterocycles. The molecule has 0 bridgehead atoms. The van der Waals surface area contributed by atoms with E-state index in [0.717, 1.165) is 18.5 Å². The van der Waals surface area contributed by atoms with Gasteiger partial charge in [0, 0.05) is 5.70 Å². The summed E-state index contributed by atoms with van der Waals surface area (Å²) in [7, 11) is 0. The predicted molar refractivity (Wildman–Crippen MR) is 42.0 cm³/mol. The molecule has 0 aliphatic rings. The van der Waals surface area contributed by atoms with Crippen molar-refractivity contribution < 1.29 is 0 Å². The van der Waals surface area contributed by atoms with E-state index in [0.29, 0.717) is 0 Å². The first kappa shape index (κ1) is 8.28. The van der Waals surface area contributed by atoms with Gasteiger partial charge in [-0.2, -0.15) is 0 Å². The lowest BCUT2D eigenvalue weighted by Gasteiger charge is -1.88. The van der Waals surface area contributed by atoms with Crippen LogP contribution >= 0.6 is 0 Å². The number of hydrogen-bond acceptors (Lipinski definition) is 1. The first-order chi connectivity index (χ1) is 4.31. The summed E-state index contributed by atoms with van der Waals surface area (Å²) in [5.74, 6) is 0. The van der Waals surface area contributed by atoms with E-state index >= 15 is 0 Å². The Morgan fingerprint density at radius 1 is 1.33 bits per heavy atom. The fraction of sp³-hybridized carbons (Fsp3) is 0.500. The van der Waals surface area contributed by atoms with Gasteiger partial charge in [0.05, 0.1) is 0 Å². The van der Waals surface area contributed by atoms with E-state index in [2.05, 4.69) is 19.9 Å². The molecule has 0 aromatic carbocycles. The van der Waals surface area contributed by atoms with Crippen molar-refractivity contribution in [1.29, 1.82) is 0 Å². The molecule has 9 heavy (non-hydrogen) atoms. The van der Waals surface area contributed by atoms with Gasteiger partial charge in [0.1, 0.15) is 0 Å². The molecule has 0 unspecified atom stereocenters. The van der Waals surface area contributed by atoms with Gasteiger partial charge in [-0.15, -0.1) is 0 Å². The summed E-state index contributed by atoms with van der Waals surface area (Å²) in [5.41, 5.74) is 6.42. The van der Waals surface area contributed by atoms with E-state index in [1.165, 1.54) is 0 Å². The van der Waals surface area contributed by atoms with Crippen LogP contribution in [-0.4, -0.2) is 0 Å². The van der Waals surface area contributed by atoms with Crippen LogP contribution in [0.25, 0.3) is 0 Å². The third-order valence-electron chi connectivity index (χ3n) is 0.986.